The van der Waals surface area contributed by atoms with Crippen LogP contribution in [0.2, 0.25) is 0 Å². The largest absolute Gasteiger partial charge is 0.353 e. The summed E-state index contributed by atoms with van der Waals surface area (Å²) in [7, 11) is 0. The molecule has 0 saturated heterocycles. The summed E-state index contributed by atoms with van der Waals surface area (Å²) in [6.45, 7) is 11.0. The Balaban J connectivity index is 4.12. The van der Waals surface area contributed by atoms with E-state index >= 15 is 0 Å². The summed E-state index contributed by atoms with van der Waals surface area (Å²) in [5.41, 5.74) is 0. The quantitative estimate of drug-likeness (QED) is 0.566. The number of amides is 1. The van der Waals surface area contributed by atoms with Crippen LogP contribution >= 0.6 is 0 Å². The molecular formula is C17H35NO. The zero-order chi connectivity index (χ0) is 14.7. The minimum atomic E-state index is 0.237. The number of carbonyl (C=O) groups is 1. The van der Waals surface area contributed by atoms with Crippen molar-refractivity contribution >= 4 is 5.91 Å². The van der Waals surface area contributed by atoms with Gasteiger partial charge in [-0.15, -0.1) is 0 Å². The first kappa shape index (κ1) is 18.5. The molecule has 19 heavy (non-hydrogen) atoms. The highest BCUT2D eigenvalue weighted by Gasteiger charge is 2.18. The Morgan fingerprint density at radius 1 is 0.895 bits per heavy atom. The van der Waals surface area contributed by atoms with Crippen LogP contribution in [-0.2, 0) is 4.79 Å². The molecule has 114 valence electrons. The van der Waals surface area contributed by atoms with Crippen molar-refractivity contribution in [3.05, 3.63) is 0 Å². The first-order valence-corrected chi connectivity index (χ1v) is 8.31. The molecule has 0 rings (SSSR count). The van der Waals surface area contributed by atoms with Gasteiger partial charge in [0.1, 0.15) is 0 Å². The van der Waals surface area contributed by atoms with E-state index in [0.29, 0.717) is 6.04 Å². The van der Waals surface area contributed by atoms with Crippen molar-refractivity contribution in [3.63, 3.8) is 0 Å². The maximum Gasteiger partial charge on any atom is 0.223 e. The lowest BCUT2D eigenvalue weighted by Crippen LogP contribution is -2.37. The van der Waals surface area contributed by atoms with E-state index in [2.05, 4.69) is 39.9 Å². The Morgan fingerprint density at radius 2 is 1.42 bits per heavy atom. The molecule has 2 nitrogen and oxygen atoms in total. The summed E-state index contributed by atoms with van der Waals surface area (Å²) in [6.07, 6.45) is 9.09. The van der Waals surface area contributed by atoms with E-state index in [-0.39, 0.29) is 11.8 Å². The number of unbranched alkanes of at least 4 members (excludes halogenated alkanes) is 2. The van der Waals surface area contributed by atoms with Gasteiger partial charge in [-0.3, -0.25) is 4.79 Å². The third-order valence-electron chi connectivity index (χ3n) is 3.75. The Labute approximate surface area is 120 Å². The van der Waals surface area contributed by atoms with Crippen LogP contribution in [0, 0.1) is 11.8 Å². The number of carbonyl (C=O) groups excluding carboxylic acids is 1. The van der Waals surface area contributed by atoms with Crippen molar-refractivity contribution in [2.75, 3.05) is 0 Å². The topological polar surface area (TPSA) is 29.1 Å². The van der Waals surface area contributed by atoms with Crippen LogP contribution in [0.5, 0.6) is 0 Å². The summed E-state index contributed by atoms with van der Waals surface area (Å²) >= 11 is 0. The molecule has 1 amide bonds. The Kier molecular flexibility index (Phi) is 11.0. The van der Waals surface area contributed by atoms with E-state index < -0.39 is 0 Å². The second-order valence-electron chi connectivity index (χ2n) is 6.36. The molecule has 0 radical (unpaired) electrons. The highest BCUT2D eigenvalue weighted by Crippen LogP contribution is 2.17. The van der Waals surface area contributed by atoms with Crippen LogP contribution in [0.4, 0.5) is 0 Å². The molecule has 1 atom stereocenters. The number of rotatable bonds is 11. The molecule has 1 unspecified atom stereocenters. The Bertz CT molecular complexity index is 217. The van der Waals surface area contributed by atoms with Crippen LogP contribution in [0.1, 0.15) is 86.0 Å². The number of nitrogens with one attached hydrogen (secondary N) is 1. The van der Waals surface area contributed by atoms with Crippen LogP contribution in [-0.4, -0.2) is 11.9 Å². The monoisotopic (exact) mass is 269 g/mol. The molecule has 2 heteroatoms. The minimum Gasteiger partial charge on any atom is -0.353 e. The smallest absolute Gasteiger partial charge is 0.223 e. The van der Waals surface area contributed by atoms with Crippen molar-refractivity contribution in [1.82, 2.24) is 5.32 Å². The van der Waals surface area contributed by atoms with Gasteiger partial charge in [0, 0.05) is 12.0 Å². The lowest BCUT2D eigenvalue weighted by Gasteiger charge is -2.20. The first-order chi connectivity index (χ1) is 9.01. The summed E-state index contributed by atoms with van der Waals surface area (Å²) in [6, 6.07) is 0.320. The lowest BCUT2D eigenvalue weighted by molar-refractivity contribution is -0.126. The average molecular weight is 269 g/mol. The lowest BCUT2D eigenvalue weighted by atomic mass is 9.94. The van der Waals surface area contributed by atoms with Gasteiger partial charge < -0.3 is 5.32 Å². The van der Waals surface area contributed by atoms with Crippen molar-refractivity contribution in [1.29, 1.82) is 0 Å². The van der Waals surface area contributed by atoms with Crippen molar-refractivity contribution in [2.24, 2.45) is 11.8 Å². The highest BCUT2D eigenvalue weighted by molar-refractivity contribution is 5.78. The predicted octanol–water partition coefficient (Wildman–Crippen LogP) is 4.92. The maximum absolute atomic E-state index is 12.3. The van der Waals surface area contributed by atoms with Gasteiger partial charge in [0.15, 0.2) is 0 Å². The standard InChI is InChI=1S/C17H35NO/c1-6-8-10-16(11-9-7-2)17(19)18-15(5)13-12-14(3)4/h14-16H,6-13H2,1-5H3,(H,18,19). The van der Waals surface area contributed by atoms with E-state index in [1.165, 1.54) is 32.1 Å². The number of hydrogen-bond donors (Lipinski definition) is 1. The van der Waals surface area contributed by atoms with Crippen molar-refractivity contribution in [3.8, 4) is 0 Å². The van der Waals surface area contributed by atoms with Gasteiger partial charge in [-0.2, -0.15) is 0 Å². The second kappa shape index (κ2) is 11.3. The molecular weight excluding hydrogens is 234 g/mol. The molecule has 0 spiro atoms. The van der Waals surface area contributed by atoms with Crippen LogP contribution in [0.15, 0.2) is 0 Å². The van der Waals surface area contributed by atoms with E-state index in [1.54, 1.807) is 0 Å². The highest BCUT2D eigenvalue weighted by atomic mass is 16.1. The molecule has 0 aliphatic rings. The predicted molar refractivity (Wildman–Crippen MR) is 84.2 cm³/mol. The third kappa shape index (κ3) is 9.98. The van der Waals surface area contributed by atoms with Gasteiger partial charge >= 0.3 is 0 Å². The molecule has 1 N–H and O–H groups in total. The van der Waals surface area contributed by atoms with Crippen molar-refractivity contribution < 1.29 is 4.79 Å². The van der Waals surface area contributed by atoms with Crippen LogP contribution < -0.4 is 5.32 Å². The van der Waals surface area contributed by atoms with Gasteiger partial charge in [0.25, 0.3) is 0 Å². The van der Waals surface area contributed by atoms with Crippen molar-refractivity contribution in [2.45, 2.75) is 92.0 Å². The fourth-order valence-corrected chi connectivity index (χ4v) is 2.32. The number of hydrogen-bond acceptors (Lipinski definition) is 1. The van der Waals surface area contributed by atoms with E-state index in [0.717, 1.165) is 25.2 Å². The van der Waals surface area contributed by atoms with Gasteiger partial charge in [0.05, 0.1) is 0 Å². The average Bonchev–Trinajstić information content (AvgIpc) is 2.36. The summed E-state index contributed by atoms with van der Waals surface area (Å²) in [5.74, 6) is 1.25. The molecule has 0 fully saturated rings. The minimum absolute atomic E-state index is 0.237. The Hall–Kier alpha value is -0.530. The summed E-state index contributed by atoms with van der Waals surface area (Å²) in [4.78, 5) is 12.3. The Morgan fingerprint density at radius 3 is 1.84 bits per heavy atom. The molecule has 0 aliphatic heterocycles. The molecule has 0 heterocycles. The first-order valence-electron chi connectivity index (χ1n) is 8.31. The molecule has 0 bridgehead atoms. The van der Waals surface area contributed by atoms with E-state index in [1.807, 2.05) is 0 Å². The summed E-state index contributed by atoms with van der Waals surface area (Å²) < 4.78 is 0. The molecule has 0 aromatic heterocycles. The molecule has 0 aromatic carbocycles. The zero-order valence-electron chi connectivity index (χ0n) is 13.8. The maximum atomic E-state index is 12.3. The summed E-state index contributed by atoms with van der Waals surface area (Å²) in [5, 5.41) is 3.21. The van der Waals surface area contributed by atoms with E-state index in [9.17, 15) is 4.79 Å². The fourth-order valence-electron chi connectivity index (χ4n) is 2.32. The van der Waals surface area contributed by atoms with Gasteiger partial charge in [-0.1, -0.05) is 53.4 Å². The molecule has 0 saturated carbocycles. The van der Waals surface area contributed by atoms with E-state index in [4.69, 9.17) is 0 Å². The molecule has 0 aliphatic carbocycles. The van der Waals surface area contributed by atoms with Gasteiger partial charge in [0.2, 0.25) is 5.91 Å². The third-order valence-corrected chi connectivity index (χ3v) is 3.75. The van der Waals surface area contributed by atoms with Crippen LogP contribution in [0.25, 0.3) is 0 Å². The fraction of sp³-hybridized carbons (Fsp3) is 0.941. The van der Waals surface area contributed by atoms with Gasteiger partial charge in [-0.05, 0) is 38.5 Å². The zero-order valence-corrected chi connectivity index (χ0v) is 13.8. The SMILES string of the molecule is CCCCC(CCCC)C(=O)NC(C)CCC(C)C. The van der Waals surface area contributed by atoms with Gasteiger partial charge in [-0.25, -0.2) is 0 Å². The molecule has 0 aromatic rings. The second-order valence-corrected chi connectivity index (χ2v) is 6.36. The van der Waals surface area contributed by atoms with Crippen LogP contribution in [0.3, 0.4) is 0 Å². The normalized spacial score (nSPS) is 13.0.